The van der Waals surface area contributed by atoms with Crippen molar-refractivity contribution in [2.45, 2.75) is 46.6 Å². The van der Waals surface area contributed by atoms with Gasteiger partial charge in [0.25, 0.3) is 0 Å². The van der Waals surface area contributed by atoms with Gasteiger partial charge in [-0.1, -0.05) is 27.2 Å². The van der Waals surface area contributed by atoms with Gasteiger partial charge >= 0.3 is 0 Å². The molecule has 3 atom stereocenters. The van der Waals surface area contributed by atoms with Gasteiger partial charge in [-0.3, -0.25) is 9.69 Å². The van der Waals surface area contributed by atoms with Crippen LogP contribution in [0.3, 0.4) is 0 Å². The molecule has 0 bridgehead atoms. The largest absolute Gasteiger partial charge is 0.299 e. The Morgan fingerprint density at radius 3 is 2.71 bits per heavy atom. The molecule has 82 valence electrons. The van der Waals surface area contributed by atoms with Crippen molar-refractivity contribution in [1.82, 2.24) is 4.90 Å². The summed E-state index contributed by atoms with van der Waals surface area (Å²) in [7, 11) is 0. The van der Waals surface area contributed by atoms with Gasteiger partial charge in [-0.2, -0.15) is 0 Å². The molecule has 1 rings (SSSR count). The summed E-state index contributed by atoms with van der Waals surface area (Å²) < 4.78 is 0. The molecule has 1 heterocycles. The molecule has 0 aliphatic carbocycles. The number of piperidine rings is 1. The Morgan fingerprint density at radius 2 is 2.14 bits per heavy atom. The molecule has 2 heteroatoms. The number of nitrogens with zero attached hydrogens (tertiary/aromatic N) is 1. The monoisotopic (exact) mass is 197 g/mol. The van der Waals surface area contributed by atoms with Gasteiger partial charge in [0.15, 0.2) is 0 Å². The summed E-state index contributed by atoms with van der Waals surface area (Å²) in [5.41, 5.74) is 0. The Hall–Kier alpha value is -0.370. The van der Waals surface area contributed by atoms with Gasteiger partial charge < -0.3 is 0 Å². The minimum absolute atomic E-state index is 0.229. The molecule has 1 aliphatic heterocycles. The van der Waals surface area contributed by atoms with Crippen molar-refractivity contribution in [3.05, 3.63) is 0 Å². The summed E-state index contributed by atoms with van der Waals surface area (Å²) in [6, 6.07) is 0.435. The van der Waals surface area contributed by atoms with E-state index < -0.39 is 0 Å². The predicted molar refractivity (Wildman–Crippen MR) is 59.3 cm³/mol. The van der Waals surface area contributed by atoms with Gasteiger partial charge in [-0.25, -0.2) is 0 Å². The maximum atomic E-state index is 11.5. The number of Topliss-reactive ketones (excluding diaryl/α,β-unsaturated/α-hetero) is 1. The molecule has 0 aromatic heterocycles. The van der Waals surface area contributed by atoms with Crippen LogP contribution in [0, 0.1) is 11.8 Å². The van der Waals surface area contributed by atoms with Crippen LogP contribution in [0.5, 0.6) is 0 Å². The fourth-order valence-electron chi connectivity index (χ4n) is 2.06. The topological polar surface area (TPSA) is 20.3 Å². The lowest BCUT2D eigenvalue weighted by Gasteiger charge is -2.38. The van der Waals surface area contributed by atoms with Crippen LogP contribution < -0.4 is 0 Å². The van der Waals surface area contributed by atoms with Crippen LogP contribution in [0.4, 0.5) is 0 Å². The highest BCUT2D eigenvalue weighted by atomic mass is 16.1. The van der Waals surface area contributed by atoms with Crippen LogP contribution in [0.2, 0.25) is 0 Å². The molecule has 0 spiro atoms. The van der Waals surface area contributed by atoms with E-state index >= 15 is 0 Å². The van der Waals surface area contributed by atoms with E-state index in [1.165, 1.54) is 6.42 Å². The van der Waals surface area contributed by atoms with Gasteiger partial charge in [-0.05, 0) is 12.8 Å². The Labute approximate surface area is 87.7 Å². The molecule has 1 fully saturated rings. The quantitative estimate of drug-likeness (QED) is 0.692. The fraction of sp³-hybridized carbons (Fsp3) is 0.917. The molecule has 1 saturated heterocycles. The fourth-order valence-corrected chi connectivity index (χ4v) is 2.06. The Bertz CT molecular complexity index is 202. The third-order valence-electron chi connectivity index (χ3n) is 3.70. The van der Waals surface area contributed by atoms with Crippen molar-refractivity contribution >= 4 is 5.78 Å². The molecule has 0 saturated carbocycles. The van der Waals surface area contributed by atoms with Crippen molar-refractivity contribution < 1.29 is 4.79 Å². The zero-order chi connectivity index (χ0) is 10.7. The normalized spacial score (nSPS) is 31.9. The van der Waals surface area contributed by atoms with Crippen LogP contribution in [-0.4, -0.2) is 29.8 Å². The SMILES string of the molecule is CCC(C)CN1CCC(=O)C(C)C1C. The summed E-state index contributed by atoms with van der Waals surface area (Å²) in [5, 5.41) is 0. The predicted octanol–water partition coefficient (Wildman–Crippen LogP) is 2.33. The Balaban J connectivity index is 2.50. The number of ketones is 1. The lowest BCUT2D eigenvalue weighted by molar-refractivity contribution is -0.128. The third kappa shape index (κ3) is 2.57. The second kappa shape index (κ2) is 4.92. The number of hydrogen-bond donors (Lipinski definition) is 0. The molecule has 0 amide bonds. The smallest absolute Gasteiger partial charge is 0.138 e. The van der Waals surface area contributed by atoms with E-state index in [0.717, 1.165) is 25.4 Å². The molecule has 0 radical (unpaired) electrons. The highest BCUT2D eigenvalue weighted by Gasteiger charge is 2.30. The number of likely N-dealkylation sites (tertiary alicyclic amines) is 1. The van der Waals surface area contributed by atoms with Gasteiger partial charge in [0.1, 0.15) is 5.78 Å². The Morgan fingerprint density at radius 1 is 1.50 bits per heavy atom. The van der Waals surface area contributed by atoms with Crippen molar-refractivity contribution in [3.8, 4) is 0 Å². The summed E-state index contributed by atoms with van der Waals surface area (Å²) in [6.07, 6.45) is 1.98. The van der Waals surface area contributed by atoms with Crippen molar-refractivity contribution in [2.24, 2.45) is 11.8 Å². The lowest BCUT2D eigenvalue weighted by atomic mass is 9.90. The average molecular weight is 197 g/mol. The van der Waals surface area contributed by atoms with Gasteiger partial charge in [-0.15, -0.1) is 0 Å². The second-order valence-corrected chi connectivity index (χ2v) is 4.75. The van der Waals surface area contributed by atoms with Crippen molar-refractivity contribution in [2.75, 3.05) is 13.1 Å². The molecule has 0 N–H and O–H groups in total. The highest BCUT2D eigenvalue weighted by molar-refractivity contribution is 5.82. The Kier molecular flexibility index (Phi) is 4.11. The molecule has 2 nitrogen and oxygen atoms in total. The van der Waals surface area contributed by atoms with E-state index in [1.807, 2.05) is 0 Å². The van der Waals surface area contributed by atoms with E-state index in [9.17, 15) is 4.79 Å². The van der Waals surface area contributed by atoms with E-state index in [1.54, 1.807) is 0 Å². The zero-order valence-corrected chi connectivity index (χ0v) is 9.92. The van der Waals surface area contributed by atoms with E-state index in [4.69, 9.17) is 0 Å². The first-order valence-corrected chi connectivity index (χ1v) is 5.83. The molecular weight excluding hydrogens is 174 g/mol. The number of hydrogen-bond acceptors (Lipinski definition) is 2. The van der Waals surface area contributed by atoms with Gasteiger partial charge in [0, 0.05) is 31.5 Å². The third-order valence-corrected chi connectivity index (χ3v) is 3.70. The van der Waals surface area contributed by atoms with Crippen LogP contribution >= 0.6 is 0 Å². The standard InChI is InChI=1S/C12H23NO/c1-5-9(2)8-13-7-6-12(14)10(3)11(13)4/h9-11H,5-8H2,1-4H3. The van der Waals surface area contributed by atoms with Gasteiger partial charge in [0.05, 0.1) is 0 Å². The molecule has 14 heavy (non-hydrogen) atoms. The summed E-state index contributed by atoms with van der Waals surface area (Å²) in [4.78, 5) is 14.0. The van der Waals surface area contributed by atoms with Crippen LogP contribution in [0.15, 0.2) is 0 Å². The minimum Gasteiger partial charge on any atom is -0.299 e. The number of rotatable bonds is 3. The highest BCUT2D eigenvalue weighted by Crippen LogP contribution is 2.21. The van der Waals surface area contributed by atoms with E-state index in [2.05, 4.69) is 32.6 Å². The van der Waals surface area contributed by atoms with Crippen LogP contribution in [0.1, 0.15) is 40.5 Å². The van der Waals surface area contributed by atoms with E-state index in [-0.39, 0.29) is 5.92 Å². The summed E-state index contributed by atoms with van der Waals surface area (Å²) in [6.45, 7) is 10.9. The van der Waals surface area contributed by atoms with Crippen LogP contribution in [-0.2, 0) is 4.79 Å². The van der Waals surface area contributed by atoms with Crippen molar-refractivity contribution in [3.63, 3.8) is 0 Å². The summed E-state index contributed by atoms with van der Waals surface area (Å²) >= 11 is 0. The molecular formula is C12H23NO. The maximum absolute atomic E-state index is 11.5. The van der Waals surface area contributed by atoms with Gasteiger partial charge in [0.2, 0.25) is 0 Å². The summed E-state index contributed by atoms with van der Waals surface area (Å²) in [5.74, 6) is 1.42. The lowest BCUT2D eigenvalue weighted by Crippen LogP contribution is -2.48. The minimum atomic E-state index is 0.229. The second-order valence-electron chi connectivity index (χ2n) is 4.75. The first-order valence-electron chi connectivity index (χ1n) is 5.83. The van der Waals surface area contributed by atoms with Crippen molar-refractivity contribution in [1.29, 1.82) is 0 Å². The molecule has 0 aromatic carbocycles. The van der Waals surface area contributed by atoms with E-state index in [0.29, 0.717) is 11.8 Å². The maximum Gasteiger partial charge on any atom is 0.138 e. The molecule has 0 aromatic rings. The van der Waals surface area contributed by atoms with Crippen LogP contribution in [0.25, 0.3) is 0 Å². The zero-order valence-electron chi connectivity index (χ0n) is 9.92. The first-order chi connectivity index (χ1) is 6.56. The number of carbonyl (C=O) groups is 1. The first kappa shape index (κ1) is 11.7. The average Bonchev–Trinajstić information content (AvgIpc) is 2.19. The molecule has 3 unspecified atom stereocenters. The number of carbonyl (C=O) groups excluding carboxylic acids is 1. The molecule has 1 aliphatic rings.